The Morgan fingerprint density at radius 2 is 1.52 bits per heavy atom. The monoisotopic (exact) mass is 550 g/mol. The van der Waals surface area contributed by atoms with Gasteiger partial charge in [0.2, 0.25) is 0 Å². The predicted molar refractivity (Wildman–Crippen MR) is 108 cm³/mol. The second kappa shape index (κ2) is 6.56. The van der Waals surface area contributed by atoms with Crippen LogP contribution in [0.25, 0.3) is 10.8 Å². The predicted octanol–water partition coefficient (Wildman–Crippen LogP) is 5.13. The van der Waals surface area contributed by atoms with E-state index >= 15 is 0 Å². The zero-order valence-corrected chi connectivity index (χ0v) is 17.2. The van der Waals surface area contributed by atoms with Crippen molar-refractivity contribution in [2.24, 2.45) is 0 Å². The topological polar surface area (TPSA) is 43.4 Å². The third kappa shape index (κ3) is 3.80. The van der Waals surface area contributed by atoms with Crippen molar-refractivity contribution in [3.8, 4) is 5.75 Å². The summed E-state index contributed by atoms with van der Waals surface area (Å²) in [5.74, 6) is 0.351. The summed E-state index contributed by atoms with van der Waals surface area (Å²) in [6, 6.07) is 16.2. The molecule has 0 unspecified atom stereocenters. The molecule has 6 heteroatoms. The van der Waals surface area contributed by atoms with E-state index in [4.69, 9.17) is 4.18 Å². The van der Waals surface area contributed by atoms with E-state index in [-0.39, 0.29) is 4.90 Å². The van der Waals surface area contributed by atoms with Crippen LogP contribution in [0.5, 0.6) is 5.75 Å². The smallest absolute Gasteiger partial charge is 0.339 e. The molecule has 118 valence electrons. The molecule has 3 aromatic carbocycles. The number of hydrogen-bond acceptors (Lipinski definition) is 3. The van der Waals surface area contributed by atoms with Crippen molar-refractivity contribution >= 4 is 66.1 Å². The van der Waals surface area contributed by atoms with Crippen LogP contribution in [0.3, 0.4) is 0 Å². The minimum Gasteiger partial charge on any atom is -0.378 e. The van der Waals surface area contributed by atoms with E-state index in [9.17, 15) is 8.42 Å². The van der Waals surface area contributed by atoms with Gasteiger partial charge in [-0.25, -0.2) is 0 Å². The quantitative estimate of drug-likeness (QED) is 0.336. The Morgan fingerprint density at radius 1 is 0.870 bits per heavy atom. The second-order valence-corrected chi connectivity index (χ2v) is 9.16. The zero-order valence-electron chi connectivity index (χ0n) is 12.1. The lowest BCUT2D eigenvalue weighted by Gasteiger charge is -2.11. The van der Waals surface area contributed by atoms with Gasteiger partial charge in [0.15, 0.2) is 5.75 Å². The lowest BCUT2D eigenvalue weighted by Crippen LogP contribution is -2.10. The van der Waals surface area contributed by atoms with Crippen molar-refractivity contribution in [3.05, 3.63) is 67.3 Å². The van der Waals surface area contributed by atoms with Crippen molar-refractivity contribution in [2.75, 3.05) is 0 Å². The molecule has 0 bridgehead atoms. The van der Waals surface area contributed by atoms with Gasteiger partial charge in [0, 0.05) is 12.5 Å². The molecule has 3 aromatic rings. The Balaban J connectivity index is 2.09. The third-order valence-electron chi connectivity index (χ3n) is 3.35. The van der Waals surface area contributed by atoms with E-state index in [0.29, 0.717) is 5.75 Å². The van der Waals surface area contributed by atoms with E-state index in [1.54, 1.807) is 30.3 Å². The van der Waals surface area contributed by atoms with E-state index < -0.39 is 10.1 Å². The fourth-order valence-corrected chi connectivity index (χ4v) is 4.28. The van der Waals surface area contributed by atoms with Gasteiger partial charge in [-0.1, -0.05) is 17.7 Å². The van der Waals surface area contributed by atoms with Crippen LogP contribution in [0.15, 0.2) is 59.5 Å². The largest absolute Gasteiger partial charge is 0.378 e. The Bertz CT molecular complexity index is 975. The Labute approximate surface area is 162 Å². The highest BCUT2D eigenvalue weighted by molar-refractivity contribution is 14.1. The maximum Gasteiger partial charge on any atom is 0.339 e. The molecule has 0 saturated carbocycles. The van der Waals surface area contributed by atoms with E-state index in [0.717, 1.165) is 23.5 Å². The highest BCUT2D eigenvalue weighted by Gasteiger charge is 2.18. The molecule has 0 saturated heterocycles. The highest BCUT2D eigenvalue weighted by atomic mass is 127. The standard InChI is InChI=1S/C17H12I2O3S/c1-11-2-5-15(6-3-11)23(20,21)22-17-10-14(19)9-12-8-13(18)4-7-16(12)17/h2-10H,1H3. The average molecular weight is 550 g/mol. The average Bonchev–Trinajstić information content (AvgIpc) is 2.46. The van der Waals surface area contributed by atoms with Crippen molar-refractivity contribution in [2.45, 2.75) is 11.8 Å². The molecular weight excluding hydrogens is 538 g/mol. The maximum absolute atomic E-state index is 12.5. The van der Waals surface area contributed by atoms with Crippen LogP contribution in [0.4, 0.5) is 0 Å². The van der Waals surface area contributed by atoms with Gasteiger partial charge >= 0.3 is 10.1 Å². The van der Waals surface area contributed by atoms with Crippen molar-refractivity contribution in [1.82, 2.24) is 0 Å². The molecule has 0 amide bonds. The molecule has 0 radical (unpaired) electrons. The van der Waals surface area contributed by atoms with Gasteiger partial charge in [-0.15, -0.1) is 0 Å². The van der Waals surface area contributed by atoms with Gasteiger partial charge in [-0.05, 0) is 100.0 Å². The molecular formula is C17H12I2O3S. The van der Waals surface area contributed by atoms with Crippen LogP contribution >= 0.6 is 45.2 Å². The number of halogens is 2. The van der Waals surface area contributed by atoms with Gasteiger partial charge in [-0.2, -0.15) is 8.42 Å². The lowest BCUT2D eigenvalue weighted by molar-refractivity contribution is 0.488. The normalized spacial score (nSPS) is 11.6. The molecule has 0 atom stereocenters. The first-order valence-corrected chi connectivity index (χ1v) is 10.3. The Kier molecular flexibility index (Phi) is 4.84. The molecule has 0 heterocycles. The van der Waals surface area contributed by atoms with Crippen LogP contribution in [-0.4, -0.2) is 8.42 Å². The van der Waals surface area contributed by atoms with Gasteiger partial charge < -0.3 is 4.18 Å². The van der Waals surface area contributed by atoms with Gasteiger partial charge in [0.25, 0.3) is 0 Å². The molecule has 0 fully saturated rings. The first-order chi connectivity index (χ1) is 10.8. The van der Waals surface area contributed by atoms with Crippen LogP contribution in [0.2, 0.25) is 0 Å². The molecule has 0 aliphatic rings. The summed E-state index contributed by atoms with van der Waals surface area (Å²) in [6.07, 6.45) is 0. The first kappa shape index (κ1) is 17.0. The summed E-state index contributed by atoms with van der Waals surface area (Å²) >= 11 is 4.39. The van der Waals surface area contributed by atoms with Crippen LogP contribution in [0, 0.1) is 14.1 Å². The molecule has 3 nitrogen and oxygen atoms in total. The van der Waals surface area contributed by atoms with Gasteiger partial charge in [0.05, 0.1) is 0 Å². The number of hydrogen-bond donors (Lipinski definition) is 0. The van der Waals surface area contributed by atoms with Crippen LogP contribution in [-0.2, 0) is 10.1 Å². The molecule has 3 rings (SSSR count). The summed E-state index contributed by atoms with van der Waals surface area (Å²) in [6.45, 7) is 1.91. The Morgan fingerprint density at radius 3 is 2.22 bits per heavy atom. The number of benzene rings is 3. The minimum absolute atomic E-state index is 0.153. The molecule has 0 aliphatic carbocycles. The third-order valence-corrected chi connectivity index (χ3v) is 5.89. The van der Waals surface area contributed by atoms with E-state index in [1.165, 1.54) is 0 Å². The summed E-state index contributed by atoms with van der Waals surface area (Å²) in [5, 5.41) is 1.74. The van der Waals surface area contributed by atoms with E-state index in [2.05, 4.69) is 45.2 Å². The fourth-order valence-electron chi connectivity index (χ4n) is 2.21. The number of fused-ring (bicyclic) bond motifs is 1. The summed E-state index contributed by atoms with van der Waals surface area (Å²) in [4.78, 5) is 0.153. The van der Waals surface area contributed by atoms with Crippen molar-refractivity contribution in [3.63, 3.8) is 0 Å². The molecule has 0 N–H and O–H groups in total. The first-order valence-electron chi connectivity index (χ1n) is 6.75. The number of rotatable bonds is 3. The van der Waals surface area contributed by atoms with Gasteiger partial charge in [-0.3, -0.25) is 0 Å². The molecule has 23 heavy (non-hydrogen) atoms. The zero-order chi connectivity index (χ0) is 16.6. The van der Waals surface area contributed by atoms with Crippen molar-refractivity contribution < 1.29 is 12.6 Å². The molecule has 0 spiro atoms. The summed E-state index contributed by atoms with van der Waals surface area (Å²) < 4.78 is 32.5. The second-order valence-electron chi connectivity index (χ2n) is 5.12. The lowest BCUT2D eigenvalue weighted by atomic mass is 10.1. The van der Waals surface area contributed by atoms with Crippen molar-refractivity contribution in [1.29, 1.82) is 0 Å². The summed E-state index contributed by atoms with van der Waals surface area (Å²) in [5.41, 5.74) is 0.998. The van der Waals surface area contributed by atoms with Crippen LogP contribution < -0.4 is 4.18 Å². The maximum atomic E-state index is 12.5. The summed E-state index contributed by atoms with van der Waals surface area (Å²) in [7, 11) is -3.85. The molecule has 0 aromatic heterocycles. The van der Waals surface area contributed by atoms with Gasteiger partial charge in [0.1, 0.15) is 4.90 Å². The molecule has 0 aliphatic heterocycles. The SMILES string of the molecule is Cc1ccc(S(=O)(=O)Oc2cc(I)cc3cc(I)ccc23)cc1. The van der Waals surface area contributed by atoms with Crippen LogP contribution in [0.1, 0.15) is 5.56 Å². The Hall–Kier alpha value is -0.870. The highest BCUT2D eigenvalue weighted by Crippen LogP contribution is 2.31. The minimum atomic E-state index is -3.85. The van der Waals surface area contributed by atoms with E-state index in [1.807, 2.05) is 31.2 Å². The number of aryl methyl sites for hydroxylation is 1. The fraction of sp³-hybridized carbons (Fsp3) is 0.0588.